The summed E-state index contributed by atoms with van der Waals surface area (Å²) in [5.41, 5.74) is 3.51. The van der Waals surface area contributed by atoms with E-state index in [-0.39, 0.29) is 12.2 Å². The lowest BCUT2D eigenvalue weighted by Gasteiger charge is -2.19. The molecule has 1 aliphatic rings. The fraction of sp³-hybridized carbons (Fsp3) is 0.250. The van der Waals surface area contributed by atoms with Crippen LogP contribution in [-0.2, 0) is 23.1 Å². The van der Waals surface area contributed by atoms with Gasteiger partial charge in [-0.2, -0.15) is 0 Å². The van der Waals surface area contributed by atoms with Gasteiger partial charge in [0.1, 0.15) is 0 Å². The van der Waals surface area contributed by atoms with Crippen LogP contribution in [0.3, 0.4) is 0 Å². The monoisotopic (exact) mass is 354 g/mol. The number of allylic oxidation sites excluding steroid dienone is 1. The van der Waals surface area contributed by atoms with Crippen LogP contribution < -0.4 is 5.46 Å². The molecule has 0 unspecified atom stereocenters. The Morgan fingerprint density at radius 3 is 2.68 bits per heavy atom. The van der Waals surface area contributed by atoms with E-state index in [2.05, 4.69) is 6.58 Å². The molecule has 0 spiro atoms. The molecular weight excluding hydrogens is 334 g/mol. The molecule has 2 aromatic carbocycles. The van der Waals surface area contributed by atoms with E-state index >= 15 is 0 Å². The maximum atomic E-state index is 12.6. The van der Waals surface area contributed by atoms with Gasteiger partial charge in [-0.25, -0.2) is 0 Å². The van der Waals surface area contributed by atoms with Crippen LogP contribution in [0.2, 0.25) is 5.02 Å². The van der Waals surface area contributed by atoms with Crippen molar-refractivity contribution >= 4 is 30.0 Å². The Morgan fingerprint density at radius 2 is 2.00 bits per heavy atom. The van der Waals surface area contributed by atoms with Crippen molar-refractivity contribution in [2.45, 2.75) is 32.3 Å². The number of hydrogen-bond donors (Lipinski definition) is 1. The zero-order chi connectivity index (χ0) is 18.2. The third-order valence-corrected chi connectivity index (χ3v) is 4.83. The van der Waals surface area contributed by atoms with Crippen molar-refractivity contribution in [1.82, 2.24) is 0 Å². The third kappa shape index (κ3) is 3.57. The van der Waals surface area contributed by atoms with Gasteiger partial charge in [-0.05, 0) is 54.6 Å². The minimum atomic E-state index is -0.957. The van der Waals surface area contributed by atoms with Crippen LogP contribution in [0.5, 0.6) is 0 Å². The number of hydrogen-bond acceptors (Lipinski definition) is 3. The lowest BCUT2D eigenvalue weighted by molar-refractivity contribution is 0.0991. The molecule has 3 nitrogen and oxygen atoms in total. The van der Waals surface area contributed by atoms with Gasteiger partial charge >= 0.3 is 7.12 Å². The summed E-state index contributed by atoms with van der Waals surface area (Å²) in [6.45, 7) is 7.53. The van der Waals surface area contributed by atoms with Gasteiger partial charge in [-0.15, -0.1) is 6.58 Å². The van der Waals surface area contributed by atoms with Crippen LogP contribution in [0.1, 0.15) is 40.9 Å². The molecule has 5 heteroatoms. The molecule has 0 aliphatic carbocycles. The molecule has 25 heavy (non-hydrogen) atoms. The van der Waals surface area contributed by atoms with E-state index in [0.717, 1.165) is 22.2 Å². The molecule has 0 radical (unpaired) electrons. The zero-order valence-electron chi connectivity index (χ0n) is 14.4. The van der Waals surface area contributed by atoms with Crippen LogP contribution >= 0.6 is 11.6 Å². The van der Waals surface area contributed by atoms with E-state index in [1.165, 1.54) is 0 Å². The number of benzene rings is 2. The topological polar surface area (TPSA) is 46.5 Å². The van der Waals surface area contributed by atoms with Gasteiger partial charge in [0.15, 0.2) is 5.78 Å². The Hall–Kier alpha value is -1.88. The summed E-state index contributed by atoms with van der Waals surface area (Å²) in [7, 11) is -0.957. The molecule has 0 amide bonds. The molecule has 0 atom stereocenters. The summed E-state index contributed by atoms with van der Waals surface area (Å²) < 4.78 is 5.56. The van der Waals surface area contributed by atoms with Gasteiger partial charge in [0.25, 0.3) is 0 Å². The summed E-state index contributed by atoms with van der Waals surface area (Å²) >= 11 is 6.27. The van der Waals surface area contributed by atoms with Crippen molar-refractivity contribution in [3.8, 4) is 0 Å². The fourth-order valence-corrected chi connectivity index (χ4v) is 3.55. The Balaban J connectivity index is 1.83. The van der Waals surface area contributed by atoms with Gasteiger partial charge in [-0.1, -0.05) is 41.9 Å². The minimum absolute atomic E-state index is 0.0530. The molecule has 0 saturated heterocycles. The first-order chi connectivity index (χ1) is 11.8. The number of ketones is 1. The van der Waals surface area contributed by atoms with Crippen molar-refractivity contribution in [3.05, 3.63) is 76.3 Å². The van der Waals surface area contributed by atoms with Crippen LogP contribution in [-0.4, -0.2) is 17.9 Å². The third-order valence-electron chi connectivity index (χ3n) is 4.52. The number of rotatable bonds is 5. The van der Waals surface area contributed by atoms with E-state index < -0.39 is 12.7 Å². The smallest absolute Gasteiger partial charge is 0.423 e. The number of fused-ring (bicyclic) bond motifs is 1. The molecule has 0 bridgehead atoms. The second-order valence-electron chi connectivity index (χ2n) is 6.81. The van der Waals surface area contributed by atoms with E-state index in [4.69, 9.17) is 16.3 Å². The van der Waals surface area contributed by atoms with Gasteiger partial charge in [0, 0.05) is 12.0 Å². The number of carbonyl (C=O) groups is 1. The average Bonchev–Trinajstić information content (AvgIpc) is 2.76. The normalized spacial score (nSPS) is 15.1. The lowest BCUT2D eigenvalue weighted by atomic mass is 9.77. The van der Waals surface area contributed by atoms with Crippen LogP contribution in [0.15, 0.2) is 49.1 Å². The summed E-state index contributed by atoms with van der Waals surface area (Å²) in [4.78, 5) is 12.6. The predicted molar refractivity (Wildman–Crippen MR) is 102 cm³/mol. The highest BCUT2D eigenvalue weighted by Crippen LogP contribution is 2.30. The van der Waals surface area contributed by atoms with Crippen molar-refractivity contribution in [1.29, 1.82) is 0 Å². The van der Waals surface area contributed by atoms with E-state index in [9.17, 15) is 9.82 Å². The van der Waals surface area contributed by atoms with Gasteiger partial charge < -0.3 is 9.68 Å². The van der Waals surface area contributed by atoms with Gasteiger partial charge in [-0.3, -0.25) is 4.79 Å². The van der Waals surface area contributed by atoms with Gasteiger partial charge in [0.05, 0.1) is 10.6 Å². The van der Waals surface area contributed by atoms with Crippen LogP contribution in [0.25, 0.3) is 0 Å². The summed E-state index contributed by atoms with van der Waals surface area (Å²) in [6.07, 6.45) is 2.74. The Bertz CT molecular complexity index is 845. The molecule has 3 rings (SSSR count). The van der Waals surface area contributed by atoms with E-state index in [1.54, 1.807) is 18.2 Å². The molecule has 0 aromatic heterocycles. The van der Waals surface area contributed by atoms with Gasteiger partial charge in [0.2, 0.25) is 0 Å². The highest BCUT2D eigenvalue weighted by atomic mass is 35.5. The first-order valence-electron chi connectivity index (χ1n) is 8.23. The predicted octanol–water partition coefficient (Wildman–Crippen LogP) is 3.45. The quantitative estimate of drug-likeness (QED) is 0.508. The highest BCUT2D eigenvalue weighted by Gasteiger charge is 2.40. The molecule has 1 N–H and O–H groups in total. The number of carbonyl (C=O) groups excluding carboxylic acids is 1. The standard InChI is InChI=1S/C20H20BClO3/c1-4-5-13-6-8-15(18(22)11-13)19(23)12-14-7-9-16-17(10-14)21(24)25-20(16,2)3/h4,6-11,24H,1,5,12H2,2-3H3. The van der Waals surface area contributed by atoms with Crippen molar-refractivity contribution in [2.75, 3.05) is 0 Å². The Kier molecular flexibility index (Phi) is 4.87. The molecule has 1 aliphatic heterocycles. The largest absolute Gasteiger partial charge is 0.492 e. The first-order valence-corrected chi connectivity index (χ1v) is 8.61. The first kappa shape index (κ1) is 17.9. The SMILES string of the molecule is C=CCc1ccc(C(=O)Cc2ccc3c(c2)B(O)OC3(C)C)c(Cl)c1. The molecule has 2 aromatic rings. The maximum absolute atomic E-state index is 12.6. The van der Waals surface area contributed by atoms with Crippen LogP contribution in [0, 0.1) is 0 Å². The van der Waals surface area contributed by atoms with Crippen molar-refractivity contribution < 1.29 is 14.5 Å². The van der Waals surface area contributed by atoms with Crippen molar-refractivity contribution in [3.63, 3.8) is 0 Å². The Morgan fingerprint density at radius 1 is 1.28 bits per heavy atom. The second kappa shape index (κ2) is 6.79. The number of Topliss-reactive ketones (excluding diaryl/α,β-unsaturated/α-hetero) is 1. The summed E-state index contributed by atoms with van der Waals surface area (Å²) in [5.74, 6) is -0.0530. The zero-order valence-corrected chi connectivity index (χ0v) is 15.1. The van der Waals surface area contributed by atoms with E-state index in [0.29, 0.717) is 17.0 Å². The van der Waals surface area contributed by atoms with Crippen molar-refractivity contribution in [2.24, 2.45) is 0 Å². The van der Waals surface area contributed by atoms with E-state index in [1.807, 2.05) is 38.1 Å². The molecule has 128 valence electrons. The summed E-state index contributed by atoms with van der Waals surface area (Å²) in [5, 5.41) is 10.5. The minimum Gasteiger partial charge on any atom is -0.423 e. The maximum Gasteiger partial charge on any atom is 0.492 e. The fourth-order valence-electron chi connectivity index (χ4n) is 3.24. The number of halogens is 1. The molecular formula is C20H20BClO3. The second-order valence-corrected chi connectivity index (χ2v) is 7.22. The molecule has 0 saturated carbocycles. The molecule has 1 heterocycles. The van der Waals surface area contributed by atoms with Crippen LogP contribution in [0.4, 0.5) is 0 Å². The average molecular weight is 355 g/mol. The molecule has 0 fully saturated rings. The Labute approximate surface area is 153 Å². The lowest BCUT2D eigenvalue weighted by Crippen LogP contribution is -2.29. The summed E-state index contributed by atoms with van der Waals surface area (Å²) in [6, 6.07) is 11.1. The highest BCUT2D eigenvalue weighted by molar-refractivity contribution is 6.62.